The topological polar surface area (TPSA) is 61.8 Å². The van der Waals surface area contributed by atoms with Crippen LogP contribution in [-0.4, -0.2) is 60.4 Å². The highest BCUT2D eigenvalue weighted by molar-refractivity contribution is 5.79. The molecule has 0 bridgehead atoms. The molecule has 130 valence electrons. The summed E-state index contributed by atoms with van der Waals surface area (Å²) < 4.78 is 5.43. The van der Waals surface area contributed by atoms with E-state index in [1.807, 2.05) is 13.8 Å². The van der Waals surface area contributed by atoms with Crippen LogP contribution in [0, 0.1) is 11.8 Å². The number of aliphatic hydroxyl groups excluding tert-OH is 1. The lowest BCUT2D eigenvalue weighted by Crippen LogP contribution is -2.46. The number of nitrogens with one attached hydrogen (secondary N) is 1. The first-order valence-corrected chi connectivity index (χ1v) is 8.62. The summed E-state index contributed by atoms with van der Waals surface area (Å²) in [4.78, 5) is 14.4. The second-order valence-corrected chi connectivity index (χ2v) is 7.15. The third-order valence-electron chi connectivity index (χ3n) is 4.42. The Balaban J connectivity index is 2.26. The Labute approximate surface area is 135 Å². The van der Waals surface area contributed by atoms with Crippen LogP contribution in [0.4, 0.5) is 0 Å². The van der Waals surface area contributed by atoms with Gasteiger partial charge in [0.15, 0.2) is 0 Å². The van der Waals surface area contributed by atoms with Gasteiger partial charge in [-0.15, -0.1) is 0 Å². The number of hydrogen-bond donors (Lipinski definition) is 2. The Morgan fingerprint density at radius 1 is 1.23 bits per heavy atom. The molecule has 1 aliphatic rings. The standard InChI is InChI=1S/C17H34N2O3/c1-12(2)14(5)18-17(21)15-6-8-19(9-7-15)10-16(20)11-22-13(3)4/h12-16,20H,6-11H2,1-5H3,(H,18,21). The predicted molar refractivity (Wildman–Crippen MR) is 88.7 cm³/mol. The van der Waals surface area contributed by atoms with Crippen LogP contribution in [0.25, 0.3) is 0 Å². The number of carbonyl (C=O) groups is 1. The Kier molecular flexibility index (Phi) is 8.36. The molecule has 0 aromatic rings. The summed E-state index contributed by atoms with van der Waals surface area (Å²) in [5.41, 5.74) is 0. The monoisotopic (exact) mass is 314 g/mol. The van der Waals surface area contributed by atoms with Crippen molar-refractivity contribution >= 4 is 5.91 Å². The molecule has 1 rings (SSSR count). The molecule has 5 heteroatoms. The van der Waals surface area contributed by atoms with Crippen molar-refractivity contribution < 1.29 is 14.6 Å². The number of aliphatic hydroxyl groups is 1. The second kappa shape index (κ2) is 9.48. The average Bonchev–Trinajstić information content (AvgIpc) is 2.45. The van der Waals surface area contributed by atoms with Gasteiger partial charge in [0.05, 0.1) is 18.8 Å². The molecule has 5 nitrogen and oxygen atoms in total. The predicted octanol–water partition coefficient (Wildman–Crippen LogP) is 1.64. The highest BCUT2D eigenvalue weighted by Crippen LogP contribution is 2.18. The first-order valence-electron chi connectivity index (χ1n) is 8.62. The molecule has 2 N–H and O–H groups in total. The average molecular weight is 314 g/mol. The zero-order valence-electron chi connectivity index (χ0n) is 14.8. The molecule has 0 aliphatic carbocycles. The van der Waals surface area contributed by atoms with Gasteiger partial charge in [-0.1, -0.05) is 13.8 Å². The molecule has 0 radical (unpaired) electrons. The lowest BCUT2D eigenvalue weighted by atomic mass is 9.94. The fourth-order valence-corrected chi connectivity index (χ4v) is 2.54. The number of amides is 1. The number of piperidine rings is 1. The molecule has 1 heterocycles. The second-order valence-electron chi connectivity index (χ2n) is 7.15. The molecule has 0 aromatic carbocycles. The SMILES string of the molecule is CC(C)OCC(O)CN1CCC(C(=O)NC(C)C(C)C)CC1. The number of β-amino-alcohol motifs (C(OH)–C–C–N with tert-alkyl or cyclic N) is 1. The molecule has 2 atom stereocenters. The number of hydrogen-bond acceptors (Lipinski definition) is 4. The van der Waals surface area contributed by atoms with Gasteiger partial charge in [0.1, 0.15) is 0 Å². The van der Waals surface area contributed by atoms with Crippen LogP contribution in [0.1, 0.15) is 47.5 Å². The van der Waals surface area contributed by atoms with Crippen molar-refractivity contribution in [3.8, 4) is 0 Å². The summed E-state index contributed by atoms with van der Waals surface area (Å²) in [6, 6.07) is 0.223. The quantitative estimate of drug-likeness (QED) is 0.715. The molecule has 22 heavy (non-hydrogen) atoms. The fraction of sp³-hybridized carbons (Fsp3) is 0.941. The molecular formula is C17H34N2O3. The lowest BCUT2D eigenvalue weighted by molar-refractivity contribution is -0.127. The van der Waals surface area contributed by atoms with Gasteiger partial charge in [0.2, 0.25) is 5.91 Å². The molecule has 0 saturated carbocycles. The third-order valence-corrected chi connectivity index (χ3v) is 4.42. The van der Waals surface area contributed by atoms with Gasteiger partial charge >= 0.3 is 0 Å². The van der Waals surface area contributed by atoms with Gasteiger partial charge in [0.25, 0.3) is 0 Å². The van der Waals surface area contributed by atoms with Crippen molar-refractivity contribution in [3.63, 3.8) is 0 Å². The number of rotatable bonds is 8. The molecule has 1 fully saturated rings. The Morgan fingerprint density at radius 3 is 2.32 bits per heavy atom. The minimum absolute atomic E-state index is 0.113. The van der Waals surface area contributed by atoms with E-state index < -0.39 is 6.10 Å². The number of ether oxygens (including phenoxy) is 1. The molecule has 1 saturated heterocycles. The van der Waals surface area contributed by atoms with Crippen molar-refractivity contribution in [2.45, 2.75) is 65.7 Å². The van der Waals surface area contributed by atoms with E-state index >= 15 is 0 Å². The van der Waals surface area contributed by atoms with E-state index in [1.54, 1.807) is 0 Å². The van der Waals surface area contributed by atoms with E-state index in [0.29, 0.717) is 19.1 Å². The molecule has 1 aliphatic heterocycles. The Hall–Kier alpha value is -0.650. The highest BCUT2D eigenvalue weighted by atomic mass is 16.5. The van der Waals surface area contributed by atoms with Gasteiger partial charge in [-0.2, -0.15) is 0 Å². The van der Waals surface area contributed by atoms with Crippen LogP contribution in [-0.2, 0) is 9.53 Å². The smallest absolute Gasteiger partial charge is 0.223 e. The maximum atomic E-state index is 12.2. The normalized spacial score (nSPS) is 20.4. The van der Waals surface area contributed by atoms with Gasteiger partial charge < -0.3 is 20.1 Å². The minimum atomic E-state index is -0.450. The van der Waals surface area contributed by atoms with Crippen LogP contribution < -0.4 is 5.32 Å². The third kappa shape index (κ3) is 7.07. The number of carbonyl (C=O) groups excluding carboxylic acids is 1. The first-order chi connectivity index (χ1) is 10.3. The van der Waals surface area contributed by atoms with E-state index in [-0.39, 0.29) is 24.0 Å². The van der Waals surface area contributed by atoms with Gasteiger partial charge in [-0.25, -0.2) is 0 Å². The van der Waals surface area contributed by atoms with E-state index in [2.05, 4.69) is 31.0 Å². The molecule has 0 aromatic heterocycles. The summed E-state index contributed by atoms with van der Waals surface area (Å²) in [6.07, 6.45) is 1.43. The van der Waals surface area contributed by atoms with E-state index in [0.717, 1.165) is 25.9 Å². The van der Waals surface area contributed by atoms with Gasteiger partial charge in [0, 0.05) is 18.5 Å². The van der Waals surface area contributed by atoms with Crippen molar-refractivity contribution in [1.82, 2.24) is 10.2 Å². The maximum Gasteiger partial charge on any atom is 0.223 e. The highest BCUT2D eigenvalue weighted by Gasteiger charge is 2.27. The van der Waals surface area contributed by atoms with Crippen LogP contribution in [0.3, 0.4) is 0 Å². The summed E-state index contributed by atoms with van der Waals surface area (Å²) in [7, 11) is 0. The largest absolute Gasteiger partial charge is 0.389 e. The summed E-state index contributed by atoms with van der Waals surface area (Å²) in [5, 5.41) is 13.1. The fourth-order valence-electron chi connectivity index (χ4n) is 2.54. The molecule has 2 unspecified atom stereocenters. The zero-order chi connectivity index (χ0) is 16.7. The van der Waals surface area contributed by atoms with Crippen LogP contribution in [0.2, 0.25) is 0 Å². The Morgan fingerprint density at radius 2 is 1.82 bits per heavy atom. The maximum absolute atomic E-state index is 12.2. The van der Waals surface area contributed by atoms with E-state index in [1.165, 1.54) is 0 Å². The molecule has 1 amide bonds. The summed E-state index contributed by atoms with van der Waals surface area (Å²) in [5.74, 6) is 0.756. The van der Waals surface area contributed by atoms with Crippen molar-refractivity contribution in [2.75, 3.05) is 26.2 Å². The molecular weight excluding hydrogens is 280 g/mol. The van der Waals surface area contributed by atoms with E-state index in [9.17, 15) is 9.90 Å². The van der Waals surface area contributed by atoms with Crippen LogP contribution in [0.5, 0.6) is 0 Å². The van der Waals surface area contributed by atoms with Crippen molar-refractivity contribution in [3.05, 3.63) is 0 Å². The van der Waals surface area contributed by atoms with Crippen molar-refractivity contribution in [2.24, 2.45) is 11.8 Å². The summed E-state index contributed by atoms with van der Waals surface area (Å²) in [6.45, 7) is 13.0. The molecule has 0 spiro atoms. The van der Waals surface area contributed by atoms with Crippen LogP contribution in [0.15, 0.2) is 0 Å². The van der Waals surface area contributed by atoms with Crippen molar-refractivity contribution in [1.29, 1.82) is 0 Å². The lowest BCUT2D eigenvalue weighted by Gasteiger charge is -2.33. The Bertz CT molecular complexity index is 326. The number of nitrogens with zero attached hydrogens (tertiary/aromatic N) is 1. The zero-order valence-corrected chi connectivity index (χ0v) is 14.8. The first kappa shape index (κ1) is 19.4. The number of likely N-dealkylation sites (tertiary alicyclic amines) is 1. The summed E-state index contributed by atoms with van der Waals surface area (Å²) >= 11 is 0. The van der Waals surface area contributed by atoms with Gasteiger partial charge in [-0.05, 0) is 52.6 Å². The minimum Gasteiger partial charge on any atom is -0.389 e. The van der Waals surface area contributed by atoms with E-state index in [4.69, 9.17) is 4.74 Å². The van der Waals surface area contributed by atoms with Crippen LogP contribution >= 0.6 is 0 Å². The van der Waals surface area contributed by atoms with Gasteiger partial charge in [-0.3, -0.25) is 4.79 Å².